The number of aryl methyl sites for hydroxylation is 1. The van der Waals surface area contributed by atoms with E-state index in [1.165, 1.54) is 0 Å². The van der Waals surface area contributed by atoms with Crippen molar-refractivity contribution in [2.75, 3.05) is 19.6 Å². The molecule has 0 aromatic heterocycles. The molecule has 1 atom stereocenters. The van der Waals surface area contributed by atoms with Gasteiger partial charge in [0.15, 0.2) is 0 Å². The number of hydrogen-bond acceptors (Lipinski definition) is 2. The molecule has 1 unspecified atom stereocenters. The summed E-state index contributed by atoms with van der Waals surface area (Å²) in [6, 6.07) is 6.17. The lowest BCUT2D eigenvalue weighted by Gasteiger charge is -2.27. The molecule has 1 amide bonds. The molecule has 2 rings (SSSR count). The van der Waals surface area contributed by atoms with Crippen LogP contribution < -0.4 is 5.32 Å². The number of nitrogens with zero attached hydrogens (tertiary/aromatic N) is 1. The van der Waals surface area contributed by atoms with E-state index < -0.39 is 0 Å². The molecule has 98 valence electrons. The lowest BCUT2D eigenvalue weighted by Crippen LogP contribution is -2.41. The zero-order valence-corrected chi connectivity index (χ0v) is 12.5. The lowest BCUT2D eigenvalue weighted by atomic mass is 10.1. The molecule has 1 fully saturated rings. The summed E-state index contributed by atoms with van der Waals surface area (Å²) >= 11 is 3.43. The number of benzene rings is 1. The van der Waals surface area contributed by atoms with Crippen molar-refractivity contribution in [3.63, 3.8) is 0 Å². The van der Waals surface area contributed by atoms with Gasteiger partial charge in [-0.05, 0) is 50.6 Å². The molecule has 18 heavy (non-hydrogen) atoms. The number of halogens is 1. The van der Waals surface area contributed by atoms with E-state index in [9.17, 15) is 4.79 Å². The van der Waals surface area contributed by atoms with Crippen molar-refractivity contribution in [1.29, 1.82) is 0 Å². The third-order valence-electron chi connectivity index (χ3n) is 3.50. The molecule has 1 aromatic rings. The smallest absolute Gasteiger partial charge is 0.254 e. The van der Waals surface area contributed by atoms with Crippen LogP contribution in [-0.2, 0) is 0 Å². The Morgan fingerprint density at radius 1 is 1.56 bits per heavy atom. The normalized spacial score (nSPS) is 18.9. The van der Waals surface area contributed by atoms with E-state index in [0.717, 1.165) is 41.7 Å². The summed E-state index contributed by atoms with van der Waals surface area (Å²) in [5.41, 5.74) is 1.84. The van der Waals surface area contributed by atoms with Gasteiger partial charge in [0.1, 0.15) is 0 Å². The van der Waals surface area contributed by atoms with Gasteiger partial charge in [-0.25, -0.2) is 0 Å². The van der Waals surface area contributed by atoms with Crippen LogP contribution in [-0.4, -0.2) is 36.5 Å². The highest BCUT2D eigenvalue weighted by Crippen LogP contribution is 2.19. The number of likely N-dealkylation sites (N-methyl/N-ethyl adjacent to an activating group) is 1. The first kappa shape index (κ1) is 13.6. The Balaban J connectivity index is 2.22. The lowest BCUT2D eigenvalue weighted by molar-refractivity contribution is 0.0703. The van der Waals surface area contributed by atoms with Gasteiger partial charge in [0.25, 0.3) is 5.91 Å². The summed E-state index contributed by atoms with van der Waals surface area (Å²) < 4.78 is 1.02. The Hall–Kier alpha value is -0.870. The largest absolute Gasteiger partial charge is 0.335 e. The van der Waals surface area contributed by atoms with Crippen LogP contribution in [0, 0.1) is 6.92 Å². The van der Waals surface area contributed by atoms with E-state index in [4.69, 9.17) is 0 Å². The molecule has 0 aliphatic carbocycles. The van der Waals surface area contributed by atoms with Gasteiger partial charge >= 0.3 is 0 Å². The zero-order valence-electron chi connectivity index (χ0n) is 10.9. The minimum atomic E-state index is 0.149. The van der Waals surface area contributed by atoms with Crippen LogP contribution in [0.25, 0.3) is 0 Å². The summed E-state index contributed by atoms with van der Waals surface area (Å²) in [6.07, 6.45) is 1.05. The van der Waals surface area contributed by atoms with E-state index in [0.29, 0.717) is 6.04 Å². The van der Waals surface area contributed by atoms with E-state index in [-0.39, 0.29) is 5.91 Å². The van der Waals surface area contributed by atoms with Crippen molar-refractivity contribution in [2.24, 2.45) is 0 Å². The van der Waals surface area contributed by atoms with E-state index >= 15 is 0 Å². The molecule has 1 saturated heterocycles. The van der Waals surface area contributed by atoms with Gasteiger partial charge in [-0.15, -0.1) is 0 Å². The van der Waals surface area contributed by atoms with Crippen molar-refractivity contribution in [3.8, 4) is 0 Å². The van der Waals surface area contributed by atoms with Gasteiger partial charge < -0.3 is 10.2 Å². The van der Waals surface area contributed by atoms with Gasteiger partial charge in [-0.2, -0.15) is 0 Å². The van der Waals surface area contributed by atoms with E-state index in [2.05, 4.69) is 21.2 Å². The molecule has 3 nitrogen and oxygen atoms in total. The summed E-state index contributed by atoms with van der Waals surface area (Å²) in [7, 11) is 0. The summed E-state index contributed by atoms with van der Waals surface area (Å²) in [6.45, 7) is 6.72. The second-order valence-corrected chi connectivity index (χ2v) is 5.61. The van der Waals surface area contributed by atoms with Crippen LogP contribution >= 0.6 is 15.9 Å². The fourth-order valence-corrected chi connectivity index (χ4v) is 2.97. The number of rotatable bonds is 3. The minimum absolute atomic E-state index is 0.149. The molecular formula is C14H19BrN2O. The predicted molar refractivity (Wildman–Crippen MR) is 76.9 cm³/mol. The van der Waals surface area contributed by atoms with Gasteiger partial charge in [-0.1, -0.05) is 15.9 Å². The fourth-order valence-electron chi connectivity index (χ4n) is 2.49. The molecule has 0 bridgehead atoms. The summed E-state index contributed by atoms with van der Waals surface area (Å²) in [4.78, 5) is 14.6. The van der Waals surface area contributed by atoms with Crippen LogP contribution in [0.15, 0.2) is 22.7 Å². The van der Waals surface area contributed by atoms with Crippen molar-refractivity contribution in [3.05, 3.63) is 33.8 Å². The molecule has 0 spiro atoms. The van der Waals surface area contributed by atoms with Crippen molar-refractivity contribution in [2.45, 2.75) is 26.3 Å². The van der Waals surface area contributed by atoms with E-state index in [1.54, 1.807) is 0 Å². The number of carbonyl (C=O) groups excluding carboxylic acids is 1. The van der Waals surface area contributed by atoms with Crippen molar-refractivity contribution < 1.29 is 4.79 Å². The summed E-state index contributed by atoms with van der Waals surface area (Å²) in [5.74, 6) is 0.149. The monoisotopic (exact) mass is 310 g/mol. The van der Waals surface area contributed by atoms with Crippen LogP contribution in [0.3, 0.4) is 0 Å². The van der Waals surface area contributed by atoms with Crippen molar-refractivity contribution in [1.82, 2.24) is 10.2 Å². The Morgan fingerprint density at radius 2 is 2.33 bits per heavy atom. The third-order valence-corrected chi connectivity index (χ3v) is 3.99. The molecule has 4 heteroatoms. The molecule has 1 N–H and O–H groups in total. The van der Waals surface area contributed by atoms with Crippen LogP contribution in [0.4, 0.5) is 0 Å². The molecule has 0 saturated carbocycles. The highest BCUT2D eigenvalue weighted by Gasteiger charge is 2.26. The Morgan fingerprint density at radius 3 is 2.89 bits per heavy atom. The first-order chi connectivity index (χ1) is 8.63. The van der Waals surface area contributed by atoms with E-state index in [1.807, 2.05) is 36.9 Å². The van der Waals surface area contributed by atoms with Crippen LogP contribution in [0.1, 0.15) is 29.3 Å². The van der Waals surface area contributed by atoms with Gasteiger partial charge in [0.05, 0.1) is 0 Å². The molecule has 1 aliphatic rings. The second-order valence-electron chi connectivity index (χ2n) is 4.70. The Kier molecular flexibility index (Phi) is 4.40. The summed E-state index contributed by atoms with van der Waals surface area (Å²) in [5, 5.41) is 3.32. The standard InChI is InChI=1S/C14H19BrN2O/c1-3-17(12-6-7-16-9-12)14(18)13-5-4-11(15)8-10(13)2/h4-5,8,12,16H,3,6-7,9H2,1-2H3. The highest BCUT2D eigenvalue weighted by molar-refractivity contribution is 9.10. The average molecular weight is 311 g/mol. The highest BCUT2D eigenvalue weighted by atomic mass is 79.9. The number of amides is 1. The second kappa shape index (κ2) is 5.85. The number of carbonyl (C=O) groups is 1. The van der Waals surface area contributed by atoms with Crippen LogP contribution in [0.5, 0.6) is 0 Å². The molecule has 1 aromatic carbocycles. The maximum Gasteiger partial charge on any atom is 0.254 e. The topological polar surface area (TPSA) is 32.3 Å². The number of nitrogens with one attached hydrogen (secondary N) is 1. The van der Waals surface area contributed by atoms with Gasteiger partial charge in [-0.3, -0.25) is 4.79 Å². The average Bonchev–Trinajstić information content (AvgIpc) is 2.83. The SMILES string of the molecule is CCN(C(=O)c1ccc(Br)cc1C)C1CCNC1. The first-order valence-electron chi connectivity index (χ1n) is 6.41. The van der Waals surface area contributed by atoms with Gasteiger partial charge in [0, 0.05) is 29.2 Å². The number of hydrogen-bond donors (Lipinski definition) is 1. The Labute approximate surface area is 117 Å². The van der Waals surface area contributed by atoms with Crippen molar-refractivity contribution >= 4 is 21.8 Å². The maximum atomic E-state index is 12.6. The molecular weight excluding hydrogens is 292 g/mol. The minimum Gasteiger partial charge on any atom is -0.335 e. The quantitative estimate of drug-likeness (QED) is 0.930. The zero-order chi connectivity index (χ0) is 13.1. The first-order valence-corrected chi connectivity index (χ1v) is 7.20. The molecule has 1 aliphatic heterocycles. The molecule has 1 heterocycles. The predicted octanol–water partition coefficient (Wildman–Crippen LogP) is 2.58. The van der Waals surface area contributed by atoms with Crippen LogP contribution in [0.2, 0.25) is 0 Å². The van der Waals surface area contributed by atoms with Gasteiger partial charge in [0.2, 0.25) is 0 Å². The maximum absolute atomic E-state index is 12.6. The fraction of sp³-hybridized carbons (Fsp3) is 0.500. The Bertz CT molecular complexity index is 441. The molecule has 0 radical (unpaired) electrons. The third kappa shape index (κ3) is 2.75.